The molecule has 0 aromatic heterocycles. The lowest BCUT2D eigenvalue weighted by molar-refractivity contribution is 0.214. The van der Waals surface area contributed by atoms with Gasteiger partial charge in [-0.3, -0.25) is 0 Å². The zero-order chi connectivity index (χ0) is 12.0. The van der Waals surface area contributed by atoms with Crippen molar-refractivity contribution in [3.63, 3.8) is 0 Å². The van der Waals surface area contributed by atoms with Crippen molar-refractivity contribution in [3.8, 4) is 0 Å². The number of nitrogens with zero attached hydrogens (tertiary/aromatic N) is 1. The highest BCUT2D eigenvalue weighted by molar-refractivity contribution is 9.09. The fraction of sp³-hybridized carbons (Fsp3) is 1.00. The van der Waals surface area contributed by atoms with Crippen LogP contribution in [-0.2, 0) is 14.8 Å². The summed E-state index contributed by atoms with van der Waals surface area (Å²) in [6.45, 7) is 0.838. The summed E-state index contributed by atoms with van der Waals surface area (Å²) in [6, 6.07) is 0.208. The summed E-state index contributed by atoms with van der Waals surface area (Å²) in [5.41, 5.74) is 0. The Kier molecular flexibility index (Phi) is 6.25. The molecule has 0 N–H and O–H groups in total. The molecule has 0 atom stereocenters. The van der Waals surface area contributed by atoms with Gasteiger partial charge in [0.05, 0.1) is 12.4 Å². The molecule has 0 aliphatic heterocycles. The third kappa shape index (κ3) is 3.98. The van der Waals surface area contributed by atoms with Gasteiger partial charge in [0.15, 0.2) is 0 Å². The molecule has 0 aromatic carbocycles. The Labute approximate surface area is 107 Å². The molecule has 0 bridgehead atoms. The Hall–Kier alpha value is 0.350. The summed E-state index contributed by atoms with van der Waals surface area (Å²) in [5, 5.41) is 0.690. The fourth-order valence-corrected chi connectivity index (χ4v) is 4.39. The Bertz CT molecular complexity index is 288. The molecule has 0 heterocycles. The first-order valence-electron chi connectivity index (χ1n) is 5.66. The van der Waals surface area contributed by atoms with Crippen LogP contribution < -0.4 is 0 Å². The molecular formula is C10H20BrNO3S. The van der Waals surface area contributed by atoms with E-state index >= 15 is 0 Å². The second kappa shape index (κ2) is 6.93. The smallest absolute Gasteiger partial charge is 0.216 e. The van der Waals surface area contributed by atoms with Gasteiger partial charge in [0.25, 0.3) is 0 Å². The van der Waals surface area contributed by atoms with Gasteiger partial charge in [-0.25, -0.2) is 8.42 Å². The van der Waals surface area contributed by atoms with Crippen molar-refractivity contribution in [3.05, 3.63) is 0 Å². The number of halogens is 1. The first-order chi connectivity index (χ1) is 7.61. The SMILES string of the molecule is COCCS(=O)(=O)N(CCBr)C1CCCC1. The van der Waals surface area contributed by atoms with E-state index in [-0.39, 0.29) is 18.4 Å². The van der Waals surface area contributed by atoms with Crippen LogP contribution in [-0.4, -0.2) is 50.1 Å². The van der Waals surface area contributed by atoms with Gasteiger partial charge in [0.2, 0.25) is 10.0 Å². The summed E-state index contributed by atoms with van der Waals surface area (Å²) in [6.07, 6.45) is 4.28. The van der Waals surface area contributed by atoms with Crippen LogP contribution in [0.5, 0.6) is 0 Å². The van der Waals surface area contributed by atoms with E-state index in [1.54, 1.807) is 4.31 Å². The van der Waals surface area contributed by atoms with Crippen molar-refractivity contribution in [1.29, 1.82) is 0 Å². The molecule has 4 nitrogen and oxygen atoms in total. The van der Waals surface area contributed by atoms with Crippen LogP contribution in [0.15, 0.2) is 0 Å². The fourth-order valence-electron chi connectivity index (χ4n) is 2.13. The Balaban J connectivity index is 2.67. The van der Waals surface area contributed by atoms with Crippen LogP contribution in [0.1, 0.15) is 25.7 Å². The Morgan fingerprint density at radius 1 is 1.38 bits per heavy atom. The first-order valence-corrected chi connectivity index (χ1v) is 8.39. The highest BCUT2D eigenvalue weighted by Gasteiger charge is 2.30. The number of hydrogen-bond donors (Lipinski definition) is 0. The monoisotopic (exact) mass is 313 g/mol. The lowest BCUT2D eigenvalue weighted by Crippen LogP contribution is -2.42. The predicted octanol–water partition coefficient (Wildman–Crippen LogP) is 1.60. The topological polar surface area (TPSA) is 46.6 Å². The minimum Gasteiger partial charge on any atom is -0.384 e. The van der Waals surface area contributed by atoms with E-state index in [0.717, 1.165) is 25.7 Å². The van der Waals surface area contributed by atoms with Crippen LogP contribution >= 0.6 is 15.9 Å². The second-order valence-corrected chi connectivity index (χ2v) is 6.88. The number of ether oxygens (including phenoxy) is 1. The molecule has 1 rings (SSSR count). The molecule has 16 heavy (non-hydrogen) atoms. The molecule has 0 amide bonds. The van der Waals surface area contributed by atoms with Gasteiger partial charge < -0.3 is 4.74 Å². The van der Waals surface area contributed by atoms with Crippen LogP contribution in [0.3, 0.4) is 0 Å². The lowest BCUT2D eigenvalue weighted by Gasteiger charge is -2.27. The van der Waals surface area contributed by atoms with Crippen molar-refractivity contribution >= 4 is 26.0 Å². The maximum absolute atomic E-state index is 12.1. The second-order valence-electron chi connectivity index (χ2n) is 4.05. The molecule has 0 aromatic rings. The summed E-state index contributed by atoms with van der Waals surface area (Å²) < 4.78 is 30.7. The summed E-state index contributed by atoms with van der Waals surface area (Å²) >= 11 is 3.32. The highest BCUT2D eigenvalue weighted by atomic mass is 79.9. The maximum atomic E-state index is 12.1. The number of hydrogen-bond acceptors (Lipinski definition) is 3. The molecular weight excluding hydrogens is 294 g/mol. The lowest BCUT2D eigenvalue weighted by atomic mass is 10.2. The average molecular weight is 314 g/mol. The number of rotatable bonds is 7. The van der Waals surface area contributed by atoms with Gasteiger partial charge in [-0.15, -0.1) is 0 Å². The molecule has 0 radical (unpaired) electrons. The molecule has 96 valence electrons. The Morgan fingerprint density at radius 2 is 2.00 bits per heavy atom. The van der Waals surface area contributed by atoms with Gasteiger partial charge in [-0.2, -0.15) is 4.31 Å². The van der Waals surface area contributed by atoms with E-state index in [0.29, 0.717) is 11.9 Å². The molecule has 0 spiro atoms. The average Bonchev–Trinajstić information content (AvgIpc) is 2.76. The van der Waals surface area contributed by atoms with E-state index < -0.39 is 10.0 Å². The molecule has 6 heteroatoms. The van der Waals surface area contributed by atoms with Gasteiger partial charge in [0, 0.05) is 25.0 Å². The van der Waals surface area contributed by atoms with Crippen molar-refractivity contribution in [2.75, 3.05) is 31.3 Å². The summed E-state index contributed by atoms with van der Waals surface area (Å²) in [4.78, 5) is 0. The molecule has 0 unspecified atom stereocenters. The third-order valence-electron chi connectivity index (χ3n) is 2.94. The van der Waals surface area contributed by atoms with Crippen LogP contribution in [0.2, 0.25) is 0 Å². The zero-order valence-electron chi connectivity index (χ0n) is 9.69. The van der Waals surface area contributed by atoms with Gasteiger partial charge in [-0.05, 0) is 12.8 Å². The van der Waals surface area contributed by atoms with Gasteiger partial charge in [0.1, 0.15) is 0 Å². The maximum Gasteiger partial charge on any atom is 0.216 e. The van der Waals surface area contributed by atoms with Crippen LogP contribution in [0.4, 0.5) is 0 Å². The first kappa shape index (κ1) is 14.4. The molecule has 1 aliphatic carbocycles. The van der Waals surface area contributed by atoms with E-state index in [1.807, 2.05) is 0 Å². The standard InChI is InChI=1S/C10H20BrNO3S/c1-15-8-9-16(13,14)12(7-6-11)10-4-2-3-5-10/h10H,2-9H2,1H3. The van der Waals surface area contributed by atoms with Gasteiger partial charge >= 0.3 is 0 Å². The minimum absolute atomic E-state index is 0.0903. The van der Waals surface area contributed by atoms with Crippen molar-refractivity contribution in [2.24, 2.45) is 0 Å². The molecule has 0 saturated heterocycles. The van der Waals surface area contributed by atoms with Crippen molar-refractivity contribution in [2.45, 2.75) is 31.7 Å². The number of alkyl halides is 1. The Morgan fingerprint density at radius 3 is 2.50 bits per heavy atom. The van der Waals surface area contributed by atoms with E-state index in [9.17, 15) is 8.42 Å². The van der Waals surface area contributed by atoms with Crippen LogP contribution in [0.25, 0.3) is 0 Å². The minimum atomic E-state index is -3.15. The largest absolute Gasteiger partial charge is 0.384 e. The zero-order valence-corrected chi connectivity index (χ0v) is 12.1. The number of sulfonamides is 1. The van der Waals surface area contributed by atoms with E-state index in [1.165, 1.54) is 7.11 Å². The predicted molar refractivity (Wildman–Crippen MR) is 68.4 cm³/mol. The van der Waals surface area contributed by atoms with Crippen LogP contribution in [0, 0.1) is 0 Å². The quantitative estimate of drug-likeness (QED) is 0.671. The molecule has 1 aliphatic rings. The van der Waals surface area contributed by atoms with E-state index in [2.05, 4.69) is 15.9 Å². The third-order valence-corrected chi connectivity index (χ3v) is 5.17. The highest BCUT2D eigenvalue weighted by Crippen LogP contribution is 2.25. The van der Waals surface area contributed by atoms with Gasteiger partial charge in [-0.1, -0.05) is 28.8 Å². The summed E-state index contributed by atoms with van der Waals surface area (Å²) in [5.74, 6) is 0.0903. The number of methoxy groups -OCH3 is 1. The summed E-state index contributed by atoms with van der Waals surface area (Å²) in [7, 11) is -1.62. The van der Waals surface area contributed by atoms with E-state index in [4.69, 9.17) is 4.74 Å². The molecule has 1 saturated carbocycles. The van der Waals surface area contributed by atoms with Crippen molar-refractivity contribution < 1.29 is 13.2 Å². The molecule has 1 fully saturated rings. The van der Waals surface area contributed by atoms with Crippen molar-refractivity contribution in [1.82, 2.24) is 4.31 Å². The normalized spacial score (nSPS) is 18.4.